The zero-order valence-electron chi connectivity index (χ0n) is 12.3. The highest BCUT2D eigenvalue weighted by atomic mass is 35.5. The van der Waals surface area contributed by atoms with Crippen molar-refractivity contribution in [3.63, 3.8) is 0 Å². The SMILES string of the molecule is Clc1ccc(SC(Cn2ccnc2)c2ccc(Cl)cc2Cl)c(Cl)c1. The summed E-state index contributed by atoms with van der Waals surface area (Å²) < 4.78 is 2.01. The van der Waals surface area contributed by atoms with Gasteiger partial charge in [0.1, 0.15) is 0 Å². The van der Waals surface area contributed by atoms with Crippen LogP contribution in [0.25, 0.3) is 0 Å². The molecule has 0 radical (unpaired) electrons. The van der Waals surface area contributed by atoms with Crippen LogP contribution in [0.5, 0.6) is 0 Å². The molecule has 7 heteroatoms. The molecule has 0 saturated heterocycles. The smallest absolute Gasteiger partial charge is 0.0946 e. The van der Waals surface area contributed by atoms with Crippen molar-refractivity contribution in [2.45, 2.75) is 16.7 Å². The van der Waals surface area contributed by atoms with E-state index >= 15 is 0 Å². The standard InChI is InChI=1S/C17H12Cl4N2S/c18-11-1-3-13(14(20)7-11)17(9-23-6-5-22-10-23)24-16-4-2-12(19)8-15(16)21/h1-8,10,17H,9H2. The van der Waals surface area contributed by atoms with Crippen LogP contribution in [-0.2, 0) is 6.54 Å². The second kappa shape index (κ2) is 8.03. The van der Waals surface area contributed by atoms with Gasteiger partial charge < -0.3 is 4.57 Å². The van der Waals surface area contributed by atoms with Gasteiger partial charge >= 0.3 is 0 Å². The minimum absolute atomic E-state index is 0.0441. The van der Waals surface area contributed by atoms with Gasteiger partial charge in [0.05, 0.1) is 16.6 Å². The Balaban J connectivity index is 1.95. The Bertz CT molecular complexity index is 837. The molecule has 0 aliphatic heterocycles. The molecule has 1 heterocycles. The number of hydrogen-bond donors (Lipinski definition) is 0. The molecule has 0 bridgehead atoms. The van der Waals surface area contributed by atoms with Gasteiger partial charge in [0.2, 0.25) is 0 Å². The first-order valence-electron chi connectivity index (χ1n) is 7.05. The Morgan fingerprint density at radius 2 is 1.67 bits per heavy atom. The van der Waals surface area contributed by atoms with E-state index in [9.17, 15) is 0 Å². The molecule has 0 N–H and O–H groups in total. The summed E-state index contributed by atoms with van der Waals surface area (Å²) in [5.74, 6) is 0. The predicted octanol–water partition coefficient (Wildman–Crippen LogP) is 7.03. The van der Waals surface area contributed by atoms with Gasteiger partial charge in [0.15, 0.2) is 0 Å². The highest BCUT2D eigenvalue weighted by molar-refractivity contribution is 7.99. The first-order valence-corrected chi connectivity index (χ1v) is 9.44. The summed E-state index contributed by atoms with van der Waals surface area (Å²) in [5.41, 5.74) is 0.991. The fourth-order valence-corrected chi connectivity index (χ4v) is 4.62. The molecule has 2 nitrogen and oxygen atoms in total. The number of benzene rings is 2. The molecule has 0 spiro atoms. The lowest BCUT2D eigenvalue weighted by molar-refractivity contribution is 0.683. The lowest BCUT2D eigenvalue weighted by Gasteiger charge is -2.20. The van der Waals surface area contributed by atoms with E-state index in [0.29, 0.717) is 26.6 Å². The average Bonchev–Trinajstić information content (AvgIpc) is 3.02. The second-order valence-electron chi connectivity index (χ2n) is 5.11. The zero-order valence-corrected chi connectivity index (χ0v) is 16.1. The molecule has 0 saturated carbocycles. The van der Waals surface area contributed by atoms with Gasteiger partial charge in [-0.25, -0.2) is 4.98 Å². The number of hydrogen-bond acceptors (Lipinski definition) is 2. The Morgan fingerprint density at radius 1 is 0.958 bits per heavy atom. The molecule has 0 fully saturated rings. The maximum atomic E-state index is 6.42. The minimum Gasteiger partial charge on any atom is -0.336 e. The molecule has 3 aromatic rings. The molecule has 1 atom stereocenters. The molecular weight excluding hydrogens is 406 g/mol. The van der Waals surface area contributed by atoms with Crippen LogP contribution in [0.15, 0.2) is 60.0 Å². The van der Waals surface area contributed by atoms with E-state index in [0.717, 1.165) is 10.5 Å². The second-order valence-corrected chi connectivity index (χ2v) is 8.04. The Hall–Kier alpha value is -0.840. The fraction of sp³-hybridized carbons (Fsp3) is 0.118. The largest absolute Gasteiger partial charge is 0.336 e. The van der Waals surface area contributed by atoms with Crippen molar-refractivity contribution >= 4 is 58.2 Å². The highest BCUT2D eigenvalue weighted by Gasteiger charge is 2.19. The molecule has 2 aromatic carbocycles. The van der Waals surface area contributed by atoms with Crippen LogP contribution < -0.4 is 0 Å². The van der Waals surface area contributed by atoms with Crippen LogP contribution in [0.4, 0.5) is 0 Å². The van der Waals surface area contributed by atoms with Crippen molar-refractivity contribution in [3.05, 3.63) is 80.8 Å². The summed E-state index contributed by atoms with van der Waals surface area (Å²) >= 11 is 26.4. The lowest BCUT2D eigenvalue weighted by atomic mass is 10.1. The van der Waals surface area contributed by atoms with Crippen LogP contribution in [0, 0.1) is 0 Å². The maximum absolute atomic E-state index is 6.42. The number of nitrogens with zero attached hydrogens (tertiary/aromatic N) is 2. The van der Waals surface area contributed by atoms with Crippen molar-refractivity contribution in [2.75, 3.05) is 0 Å². The van der Waals surface area contributed by atoms with E-state index in [1.54, 1.807) is 36.4 Å². The minimum atomic E-state index is 0.0441. The molecule has 124 valence electrons. The molecule has 0 aliphatic carbocycles. The van der Waals surface area contributed by atoms with E-state index < -0.39 is 0 Å². The van der Waals surface area contributed by atoms with Crippen molar-refractivity contribution in [1.82, 2.24) is 9.55 Å². The van der Waals surface area contributed by atoms with Gasteiger partial charge in [-0.1, -0.05) is 52.5 Å². The Kier molecular flexibility index (Phi) is 6.01. The number of halogens is 4. The van der Waals surface area contributed by atoms with Gasteiger partial charge in [-0.15, -0.1) is 11.8 Å². The first kappa shape index (κ1) is 18.0. The van der Waals surface area contributed by atoms with Gasteiger partial charge in [-0.05, 0) is 35.9 Å². The molecule has 0 aliphatic rings. The summed E-state index contributed by atoms with van der Waals surface area (Å²) in [7, 11) is 0. The predicted molar refractivity (Wildman–Crippen MR) is 104 cm³/mol. The molecule has 0 amide bonds. The summed E-state index contributed by atoms with van der Waals surface area (Å²) in [4.78, 5) is 5.04. The number of thioether (sulfide) groups is 1. The summed E-state index contributed by atoms with van der Waals surface area (Å²) in [5, 5.41) is 2.51. The third-order valence-electron chi connectivity index (χ3n) is 3.41. The van der Waals surface area contributed by atoms with E-state index in [-0.39, 0.29) is 5.25 Å². The summed E-state index contributed by atoms with van der Waals surface area (Å²) in [6.07, 6.45) is 5.45. The molecular formula is C17H12Cl4N2S. The number of rotatable bonds is 5. The van der Waals surface area contributed by atoms with Gasteiger partial charge in [-0.2, -0.15) is 0 Å². The molecule has 3 rings (SSSR count). The van der Waals surface area contributed by atoms with E-state index in [4.69, 9.17) is 46.4 Å². The Labute approximate surface area is 164 Å². The van der Waals surface area contributed by atoms with Crippen molar-refractivity contribution < 1.29 is 0 Å². The van der Waals surface area contributed by atoms with E-state index in [1.165, 1.54) is 0 Å². The van der Waals surface area contributed by atoms with Crippen LogP contribution in [0.1, 0.15) is 10.8 Å². The third kappa shape index (κ3) is 4.41. The monoisotopic (exact) mass is 416 g/mol. The van der Waals surface area contributed by atoms with E-state index in [2.05, 4.69) is 4.98 Å². The van der Waals surface area contributed by atoms with Crippen molar-refractivity contribution in [2.24, 2.45) is 0 Å². The first-order chi connectivity index (χ1) is 11.5. The van der Waals surface area contributed by atoms with Crippen LogP contribution in [0.3, 0.4) is 0 Å². The van der Waals surface area contributed by atoms with Gasteiger partial charge in [0.25, 0.3) is 0 Å². The number of imidazole rings is 1. The van der Waals surface area contributed by atoms with Gasteiger partial charge in [-0.3, -0.25) is 0 Å². The van der Waals surface area contributed by atoms with Crippen LogP contribution >= 0.6 is 58.2 Å². The van der Waals surface area contributed by atoms with Crippen molar-refractivity contribution in [3.8, 4) is 0 Å². The lowest BCUT2D eigenvalue weighted by Crippen LogP contribution is -2.05. The normalized spacial score (nSPS) is 12.3. The average molecular weight is 418 g/mol. The van der Waals surface area contributed by atoms with Crippen LogP contribution in [-0.4, -0.2) is 9.55 Å². The fourth-order valence-electron chi connectivity index (χ4n) is 2.27. The van der Waals surface area contributed by atoms with Crippen LogP contribution in [0.2, 0.25) is 20.1 Å². The highest BCUT2D eigenvalue weighted by Crippen LogP contribution is 2.43. The third-order valence-corrected chi connectivity index (χ3v) is 5.93. The number of aromatic nitrogens is 2. The van der Waals surface area contributed by atoms with Gasteiger partial charge in [0, 0.05) is 38.9 Å². The maximum Gasteiger partial charge on any atom is 0.0946 e. The summed E-state index contributed by atoms with van der Waals surface area (Å²) in [6, 6.07) is 11.0. The van der Waals surface area contributed by atoms with Crippen molar-refractivity contribution in [1.29, 1.82) is 0 Å². The van der Waals surface area contributed by atoms with E-state index in [1.807, 2.05) is 35.0 Å². The Morgan fingerprint density at radius 3 is 2.29 bits per heavy atom. The molecule has 1 unspecified atom stereocenters. The molecule has 1 aromatic heterocycles. The topological polar surface area (TPSA) is 17.8 Å². The quantitative estimate of drug-likeness (QED) is 0.414. The summed E-state index contributed by atoms with van der Waals surface area (Å²) in [6.45, 7) is 0.699. The molecule has 24 heavy (non-hydrogen) atoms. The zero-order chi connectivity index (χ0) is 17.1.